The highest BCUT2D eigenvalue weighted by Gasteiger charge is 2.52. The standard InChI is InChI=1S/C31H20BrFN2O2/c32-22-15-13-21(14-16-22)28-27-26(19-20-11-17-23(33)18-12-20)30(36)35(25-9-5-2-6-10-25)29(27)31(37)34(28)24-7-3-1-4-8-24/h1-19,28H. The fourth-order valence-electron chi connectivity index (χ4n) is 4.94. The van der Waals surface area contributed by atoms with Gasteiger partial charge in [0.1, 0.15) is 11.5 Å². The maximum atomic E-state index is 14.2. The highest BCUT2D eigenvalue weighted by molar-refractivity contribution is 9.10. The van der Waals surface area contributed by atoms with E-state index in [4.69, 9.17) is 0 Å². The molecule has 6 rings (SSSR count). The van der Waals surface area contributed by atoms with Gasteiger partial charge in [0.25, 0.3) is 11.8 Å². The Labute approximate surface area is 222 Å². The van der Waals surface area contributed by atoms with Crippen LogP contribution in [0.4, 0.5) is 15.8 Å². The van der Waals surface area contributed by atoms with Crippen LogP contribution in [0.15, 0.2) is 131 Å². The highest BCUT2D eigenvalue weighted by Crippen LogP contribution is 2.50. The molecular weight excluding hydrogens is 531 g/mol. The molecule has 0 spiro atoms. The van der Waals surface area contributed by atoms with E-state index in [2.05, 4.69) is 15.9 Å². The molecule has 0 saturated heterocycles. The maximum Gasteiger partial charge on any atom is 0.276 e. The first-order valence-electron chi connectivity index (χ1n) is 11.8. The normalized spacial score (nSPS) is 18.2. The SMILES string of the molecule is O=C1C(=Cc2ccc(F)cc2)C2=C(C(=O)N(c3ccccc3)C2c2ccc(Br)cc2)N1c1ccccc1. The average molecular weight is 551 g/mol. The third-order valence-corrected chi connectivity index (χ3v) is 7.10. The Morgan fingerprint density at radius 3 is 1.92 bits per heavy atom. The van der Waals surface area contributed by atoms with Gasteiger partial charge in [0.05, 0.1) is 6.04 Å². The molecule has 2 heterocycles. The molecule has 0 aromatic heterocycles. The van der Waals surface area contributed by atoms with Gasteiger partial charge in [-0.3, -0.25) is 19.4 Å². The minimum absolute atomic E-state index is 0.256. The van der Waals surface area contributed by atoms with E-state index in [1.807, 2.05) is 84.9 Å². The lowest BCUT2D eigenvalue weighted by atomic mass is 9.93. The van der Waals surface area contributed by atoms with E-state index in [9.17, 15) is 14.0 Å². The van der Waals surface area contributed by atoms with Gasteiger partial charge in [-0.25, -0.2) is 4.39 Å². The van der Waals surface area contributed by atoms with Crippen LogP contribution in [0, 0.1) is 5.82 Å². The Bertz CT molecular complexity index is 1560. The molecule has 0 bridgehead atoms. The summed E-state index contributed by atoms with van der Waals surface area (Å²) in [4.78, 5) is 31.4. The number of hydrogen-bond acceptors (Lipinski definition) is 2. The first-order valence-corrected chi connectivity index (χ1v) is 12.6. The third-order valence-electron chi connectivity index (χ3n) is 6.57. The monoisotopic (exact) mass is 550 g/mol. The number of hydrogen-bond donors (Lipinski definition) is 0. The van der Waals surface area contributed by atoms with Gasteiger partial charge in [-0.05, 0) is 65.7 Å². The second kappa shape index (κ2) is 9.30. The van der Waals surface area contributed by atoms with Crippen molar-refractivity contribution in [2.45, 2.75) is 6.04 Å². The fraction of sp³-hybridized carbons (Fsp3) is 0.0323. The van der Waals surface area contributed by atoms with Crippen LogP contribution in [0.3, 0.4) is 0 Å². The molecule has 4 aromatic rings. The Kier molecular flexibility index (Phi) is 5.81. The van der Waals surface area contributed by atoms with Crippen LogP contribution >= 0.6 is 15.9 Å². The third kappa shape index (κ3) is 3.99. The maximum absolute atomic E-state index is 14.2. The van der Waals surface area contributed by atoms with E-state index in [1.165, 1.54) is 17.0 Å². The molecule has 37 heavy (non-hydrogen) atoms. The van der Waals surface area contributed by atoms with E-state index >= 15 is 0 Å². The summed E-state index contributed by atoms with van der Waals surface area (Å²) in [5.74, 6) is -0.901. The van der Waals surface area contributed by atoms with Gasteiger partial charge in [-0.1, -0.05) is 76.6 Å². The highest BCUT2D eigenvalue weighted by atomic mass is 79.9. The van der Waals surface area contributed by atoms with Crippen molar-refractivity contribution in [3.63, 3.8) is 0 Å². The van der Waals surface area contributed by atoms with Crippen molar-refractivity contribution in [2.24, 2.45) is 0 Å². The number of benzene rings is 4. The molecule has 0 saturated carbocycles. The van der Waals surface area contributed by atoms with E-state index in [0.717, 1.165) is 15.7 Å². The van der Waals surface area contributed by atoms with Crippen LogP contribution in [0.25, 0.3) is 6.08 Å². The summed E-state index contributed by atoms with van der Waals surface area (Å²) < 4.78 is 14.5. The van der Waals surface area contributed by atoms with E-state index in [1.54, 1.807) is 23.1 Å². The van der Waals surface area contributed by atoms with Gasteiger partial charge in [-0.15, -0.1) is 0 Å². The topological polar surface area (TPSA) is 40.6 Å². The van der Waals surface area contributed by atoms with E-state index in [-0.39, 0.29) is 17.6 Å². The van der Waals surface area contributed by atoms with Crippen molar-refractivity contribution in [3.05, 3.63) is 147 Å². The largest absolute Gasteiger partial charge is 0.295 e. The number of nitrogens with zero attached hydrogens (tertiary/aromatic N) is 2. The molecule has 4 aromatic carbocycles. The quantitative estimate of drug-likeness (QED) is 0.255. The minimum atomic E-state index is -0.526. The van der Waals surface area contributed by atoms with Gasteiger partial charge in [0.2, 0.25) is 0 Å². The van der Waals surface area contributed by atoms with Crippen LogP contribution in [0.5, 0.6) is 0 Å². The van der Waals surface area contributed by atoms with Gasteiger partial charge in [-0.2, -0.15) is 0 Å². The number of para-hydroxylation sites is 2. The lowest BCUT2D eigenvalue weighted by Crippen LogP contribution is -2.38. The smallest absolute Gasteiger partial charge is 0.276 e. The number of rotatable bonds is 4. The molecule has 180 valence electrons. The van der Waals surface area contributed by atoms with E-state index < -0.39 is 6.04 Å². The summed E-state index contributed by atoms with van der Waals surface area (Å²) in [7, 11) is 0. The van der Waals surface area contributed by atoms with Crippen LogP contribution in [0.2, 0.25) is 0 Å². The minimum Gasteiger partial charge on any atom is -0.295 e. The zero-order valence-corrected chi connectivity index (χ0v) is 21.1. The van der Waals surface area contributed by atoms with Crippen LogP contribution in [0.1, 0.15) is 17.2 Å². The molecule has 2 aliphatic heterocycles. The molecular formula is C31H20BrFN2O2. The predicted molar refractivity (Wildman–Crippen MR) is 146 cm³/mol. The number of carbonyl (C=O) groups is 2. The van der Waals surface area contributed by atoms with Crippen molar-refractivity contribution in [2.75, 3.05) is 9.80 Å². The van der Waals surface area contributed by atoms with E-state index in [0.29, 0.717) is 28.1 Å². The summed E-state index contributed by atoms with van der Waals surface area (Å²) in [6.07, 6.45) is 1.74. The molecule has 0 fully saturated rings. The number of amides is 2. The van der Waals surface area contributed by atoms with Gasteiger partial charge < -0.3 is 0 Å². The molecule has 1 atom stereocenters. The lowest BCUT2D eigenvalue weighted by molar-refractivity contribution is -0.118. The zero-order chi connectivity index (χ0) is 25.5. The zero-order valence-electron chi connectivity index (χ0n) is 19.5. The first kappa shape index (κ1) is 23.1. The summed E-state index contributed by atoms with van der Waals surface area (Å²) in [6.45, 7) is 0. The van der Waals surface area contributed by atoms with Gasteiger partial charge in [0, 0.05) is 27.0 Å². The molecule has 6 heteroatoms. The molecule has 2 amide bonds. The Balaban J connectivity index is 1.61. The predicted octanol–water partition coefficient (Wildman–Crippen LogP) is 7.06. The summed E-state index contributed by atoms with van der Waals surface area (Å²) in [5, 5.41) is 0. The van der Waals surface area contributed by atoms with Crippen LogP contribution in [-0.4, -0.2) is 11.8 Å². The molecule has 2 aliphatic rings. The summed E-state index contributed by atoms with van der Waals surface area (Å²) in [6, 6.07) is 31.9. The van der Waals surface area contributed by atoms with Crippen molar-refractivity contribution >= 4 is 45.2 Å². The molecule has 4 nitrogen and oxygen atoms in total. The van der Waals surface area contributed by atoms with Crippen molar-refractivity contribution in [3.8, 4) is 0 Å². The lowest BCUT2D eigenvalue weighted by Gasteiger charge is -2.30. The first-order chi connectivity index (χ1) is 18.0. The average Bonchev–Trinajstić information content (AvgIpc) is 3.37. The Hall–Kier alpha value is -4.29. The fourth-order valence-corrected chi connectivity index (χ4v) is 5.20. The number of anilines is 2. The summed E-state index contributed by atoms with van der Waals surface area (Å²) in [5.41, 5.74) is 4.27. The Morgan fingerprint density at radius 1 is 0.703 bits per heavy atom. The second-order valence-corrected chi connectivity index (χ2v) is 9.73. The molecule has 0 radical (unpaired) electrons. The number of halogens is 2. The second-order valence-electron chi connectivity index (χ2n) is 8.81. The van der Waals surface area contributed by atoms with Gasteiger partial charge in [0.15, 0.2) is 0 Å². The van der Waals surface area contributed by atoms with Crippen molar-refractivity contribution in [1.29, 1.82) is 0 Å². The van der Waals surface area contributed by atoms with Crippen molar-refractivity contribution in [1.82, 2.24) is 0 Å². The molecule has 0 N–H and O–H groups in total. The van der Waals surface area contributed by atoms with Crippen LogP contribution in [-0.2, 0) is 9.59 Å². The van der Waals surface area contributed by atoms with Crippen LogP contribution < -0.4 is 9.80 Å². The molecule has 1 unspecified atom stereocenters. The van der Waals surface area contributed by atoms with Crippen molar-refractivity contribution < 1.29 is 14.0 Å². The number of carbonyl (C=O) groups excluding carboxylic acids is 2. The van der Waals surface area contributed by atoms with Gasteiger partial charge >= 0.3 is 0 Å². The molecule has 0 aliphatic carbocycles. The summed E-state index contributed by atoms with van der Waals surface area (Å²) >= 11 is 3.50. The Morgan fingerprint density at radius 2 is 1.30 bits per heavy atom.